The number of fused-ring (bicyclic) bond motifs is 2. The molecule has 0 aromatic heterocycles. The van der Waals surface area contributed by atoms with Gasteiger partial charge in [0.05, 0.1) is 12.1 Å². The van der Waals surface area contributed by atoms with E-state index in [9.17, 15) is 33.6 Å². The number of urea groups is 2. The summed E-state index contributed by atoms with van der Waals surface area (Å²) in [6, 6.07) is 15.4. The normalized spacial score (nSPS) is 21.8. The molecule has 49 heavy (non-hydrogen) atoms. The first kappa shape index (κ1) is 36.0. The van der Waals surface area contributed by atoms with Gasteiger partial charge in [-0.05, 0) is 35.4 Å². The largest absolute Gasteiger partial charge is 0.367 e. The predicted octanol–water partition coefficient (Wildman–Crippen LogP) is 2.91. The van der Waals surface area contributed by atoms with Gasteiger partial charge in [-0.3, -0.25) is 45.2 Å². The average Bonchev–Trinajstić information content (AvgIpc) is 3.34. The molecule has 2 aromatic carbocycles. The van der Waals surface area contributed by atoms with Crippen LogP contribution in [0.5, 0.6) is 0 Å². The van der Waals surface area contributed by atoms with Gasteiger partial charge >= 0.3 is 12.1 Å². The van der Waals surface area contributed by atoms with Crippen LogP contribution in [-0.2, 0) is 34.8 Å². The highest BCUT2D eigenvalue weighted by Crippen LogP contribution is 2.45. The number of nitrogens with one attached hydrogen (secondary N) is 4. The number of nitrogens with zero attached hydrogens (tertiary/aromatic N) is 2. The smallest absolute Gasteiger partial charge is 0.328 e. The number of anilines is 2. The van der Waals surface area contributed by atoms with Crippen LogP contribution < -0.4 is 31.1 Å². The average molecular weight is 669 g/mol. The quantitative estimate of drug-likeness (QED) is 0.165. The van der Waals surface area contributed by atoms with Crippen LogP contribution in [0.4, 0.5) is 21.0 Å². The van der Waals surface area contributed by atoms with Crippen LogP contribution in [-0.4, -0.2) is 68.2 Å². The molecule has 2 fully saturated rings. The molecule has 2 saturated heterocycles. The molecule has 2 unspecified atom stereocenters. The van der Waals surface area contributed by atoms with E-state index in [2.05, 4.69) is 91.6 Å². The van der Waals surface area contributed by atoms with Crippen molar-refractivity contribution in [2.45, 2.75) is 57.0 Å². The van der Waals surface area contributed by atoms with Crippen molar-refractivity contribution in [1.29, 1.82) is 0 Å². The Kier molecular flexibility index (Phi) is 10.7. The van der Waals surface area contributed by atoms with Crippen LogP contribution in [0.3, 0.4) is 0 Å². The van der Waals surface area contributed by atoms with Gasteiger partial charge in [0, 0.05) is 36.3 Å². The van der Waals surface area contributed by atoms with Crippen LogP contribution in [0.2, 0.25) is 0 Å². The molecule has 0 bridgehead atoms. The summed E-state index contributed by atoms with van der Waals surface area (Å²) in [5.41, 5.74) is 4.89. The highest BCUT2D eigenvalue weighted by atomic mass is 16.2. The summed E-state index contributed by atoms with van der Waals surface area (Å²) in [7, 11) is 4.10. The Balaban J connectivity index is 0.000000185. The van der Waals surface area contributed by atoms with E-state index in [1.54, 1.807) is 12.2 Å². The van der Waals surface area contributed by atoms with Crippen molar-refractivity contribution >= 4 is 53.4 Å². The third kappa shape index (κ3) is 7.67. The molecule has 4 aliphatic rings. The summed E-state index contributed by atoms with van der Waals surface area (Å²) in [5.74, 6) is -2.47. The Morgan fingerprint density at radius 2 is 1.04 bits per heavy atom. The Bertz CT molecular complexity index is 1720. The molecule has 2 atom stereocenters. The molecule has 4 N–H and O–H groups in total. The molecule has 6 rings (SSSR count). The van der Waals surface area contributed by atoms with E-state index in [0.29, 0.717) is 0 Å². The minimum absolute atomic E-state index is 0.0465. The lowest BCUT2D eigenvalue weighted by molar-refractivity contribution is -0.130. The number of aldehydes is 1. The number of para-hydroxylation sites is 2. The van der Waals surface area contributed by atoms with E-state index in [1.807, 2.05) is 42.0 Å². The second-order valence-corrected chi connectivity index (χ2v) is 12.9. The second kappa shape index (κ2) is 14.5. The molecule has 4 aliphatic heterocycles. The number of carbonyl (C=O) groups excluding carboxylic acids is 7. The van der Waals surface area contributed by atoms with E-state index in [1.165, 1.54) is 28.6 Å². The maximum atomic E-state index is 11.7. The van der Waals surface area contributed by atoms with E-state index in [-0.39, 0.29) is 34.9 Å². The molecule has 13 heteroatoms. The number of carbonyl (C=O) groups is 7. The van der Waals surface area contributed by atoms with Crippen molar-refractivity contribution in [3.05, 3.63) is 95.6 Å². The lowest BCUT2D eigenvalue weighted by Gasteiger charge is -2.29. The Morgan fingerprint density at radius 3 is 1.45 bits per heavy atom. The standard InChI is InChI=1S/C18H19N3O3.C14H17NO.C4H4N2O3/c1-18(2)12-8-4-5-9-13(12)21(3)14(18)10-6-7-11-15(22)19-17(24)20-16(11)23;1-14(2)11-7-4-5-8-12(11)15(3)13(14)9-6-10-16;7-2-1-3(8)6-4(9)5-2/h4-10,14H,1-3H3,(H2,19,20,22,23,24);4-10,13H,1-3H3;1H2,(H2,5,6,7,8,9)/b10-6+;9-6+;. The number of imide groups is 4. The molecular weight excluding hydrogens is 628 g/mol. The van der Waals surface area contributed by atoms with Gasteiger partial charge in [0.2, 0.25) is 11.8 Å². The fraction of sp³-hybridized carbons (Fsp3) is 0.306. The van der Waals surface area contributed by atoms with Crippen molar-refractivity contribution in [2.24, 2.45) is 0 Å². The zero-order valence-corrected chi connectivity index (χ0v) is 28.2. The van der Waals surface area contributed by atoms with Gasteiger partial charge in [-0.25, -0.2) is 9.59 Å². The number of hydrogen-bond donors (Lipinski definition) is 4. The van der Waals surface area contributed by atoms with E-state index in [0.717, 1.165) is 6.29 Å². The Hall–Kier alpha value is -5.85. The van der Waals surface area contributed by atoms with E-state index in [4.69, 9.17) is 0 Å². The lowest BCUT2D eigenvalue weighted by Crippen LogP contribution is -2.51. The molecule has 256 valence electrons. The van der Waals surface area contributed by atoms with Crippen LogP contribution >= 0.6 is 0 Å². The zero-order valence-electron chi connectivity index (χ0n) is 28.2. The summed E-state index contributed by atoms with van der Waals surface area (Å²) >= 11 is 0. The minimum Gasteiger partial charge on any atom is -0.367 e. The third-order valence-electron chi connectivity index (χ3n) is 8.97. The number of rotatable bonds is 4. The molecule has 0 aliphatic carbocycles. The third-order valence-corrected chi connectivity index (χ3v) is 8.97. The summed E-state index contributed by atoms with van der Waals surface area (Å²) in [5, 5.41) is 7.91. The Morgan fingerprint density at radius 1 is 0.633 bits per heavy atom. The first-order chi connectivity index (χ1) is 23.1. The van der Waals surface area contributed by atoms with E-state index < -0.39 is 35.7 Å². The van der Waals surface area contributed by atoms with Crippen LogP contribution in [0.15, 0.2) is 84.5 Å². The van der Waals surface area contributed by atoms with Gasteiger partial charge in [0.1, 0.15) is 18.3 Å². The highest BCUT2D eigenvalue weighted by Gasteiger charge is 2.42. The number of benzene rings is 2. The summed E-state index contributed by atoms with van der Waals surface area (Å²) in [6.45, 7) is 8.76. The van der Waals surface area contributed by atoms with Gasteiger partial charge in [0.15, 0.2) is 0 Å². The molecule has 8 amide bonds. The van der Waals surface area contributed by atoms with Crippen LogP contribution in [0, 0.1) is 0 Å². The highest BCUT2D eigenvalue weighted by molar-refractivity contribution is 6.29. The second-order valence-electron chi connectivity index (χ2n) is 12.9. The molecule has 2 aromatic rings. The topological polar surface area (TPSA) is 174 Å². The first-order valence-electron chi connectivity index (χ1n) is 15.5. The number of barbiturate groups is 2. The number of likely N-dealkylation sites (N-methyl/N-ethyl adjacent to an activating group) is 2. The van der Waals surface area contributed by atoms with Gasteiger partial charge in [-0.1, -0.05) is 82.3 Å². The van der Waals surface area contributed by atoms with Crippen molar-refractivity contribution in [1.82, 2.24) is 21.3 Å². The molecule has 0 spiro atoms. The monoisotopic (exact) mass is 668 g/mol. The summed E-state index contributed by atoms with van der Waals surface area (Å²) < 4.78 is 0. The van der Waals surface area contributed by atoms with Gasteiger partial charge in [-0.15, -0.1) is 0 Å². The van der Waals surface area contributed by atoms with Crippen LogP contribution in [0.1, 0.15) is 45.2 Å². The van der Waals surface area contributed by atoms with Crippen molar-refractivity contribution < 1.29 is 33.6 Å². The fourth-order valence-corrected chi connectivity index (χ4v) is 6.53. The zero-order chi connectivity index (χ0) is 36.1. The van der Waals surface area contributed by atoms with E-state index >= 15 is 0 Å². The first-order valence-corrected chi connectivity index (χ1v) is 15.5. The lowest BCUT2D eigenvalue weighted by atomic mass is 9.80. The maximum absolute atomic E-state index is 11.7. The summed E-state index contributed by atoms with van der Waals surface area (Å²) in [4.78, 5) is 80.1. The maximum Gasteiger partial charge on any atom is 0.328 e. The number of hydrogen-bond acceptors (Lipinski definition) is 9. The molecular formula is C36H40N6O7. The number of allylic oxidation sites excluding steroid dienone is 3. The predicted molar refractivity (Wildman–Crippen MR) is 184 cm³/mol. The number of amides is 8. The van der Waals surface area contributed by atoms with Crippen molar-refractivity contribution in [3.8, 4) is 0 Å². The molecule has 4 heterocycles. The van der Waals surface area contributed by atoms with Crippen LogP contribution in [0.25, 0.3) is 0 Å². The SMILES string of the molecule is CN1c2ccccc2C(C)(C)C1/C=C/C=C1C(=O)NC(=O)NC1=O.CN1c2ccccc2C(C)(C)C1/C=C/C=O.O=C1CC(=O)NC(=O)N1. The molecule has 13 nitrogen and oxygen atoms in total. The molecule has 0 radical (unpaired) electrons. The Labute approximate surface area is 284 Å². The van der Waals surface area contributed by atoms with Gasteiger partial charge in [0.25, 0.3) is 11.8 Å². The molecule has 0 saturated carbocycles. The summed E-state index contributed by atoms with van der Waals surface area (Å²) in [6.07, 6.45) is 9.24. The fourth-order valence-electron chi connectivity index (χ4n) is 6.53. The van der Waals surface area contributed by atoms with Gasteiger partial charge < -0.3 is 9.80 Å². The minimum atomic E-state index is -0.793. The van der Waals surface area contributed by atoms with Gasteiger partial charge in [-0.2, -0.15) is 0 Å². The van der Waals surface area contributed by atoms with Crippen molar-refractivity contribution in [2.75, 3.05) is 23.9 Å². The van der Waals surface area contributed by atoms with Crippen molar-refractivity contribution in [3.63, 3.8) is 0 Å².